The number of rotatable bonds is 10. The maximum atomic E-state index is 5.71. The van der Waals surface area contributed by atoms with Gasteiger partial charge in [0.15, 0.2) is 0 Å². The molecule has 0 saturated heterocycles. The van der Waals surface area contributed by atoms with Crippen LogP contribution >= 0.6 is 0 Å². The number of nitrogens with two attached hydrogens (primary N) is 1. The van der Waals surface area contributed by atoms with Crippen LogP contribution in [0, 0.1) is 5.41 Å². The van der Waals surface area contributed by atoms with Crippen molar-refractivity contribution in [1.29, 1.82) is 0 Å². The lowest BCUT2D eigenvalue weighted by Crippen LogP contribution is -2.50. The Kier molecular flexibility index (Phi) is 9.46. The standard InChI is InChI=1S/C22H45N3/c1-12-19(25(11)22(7,8)9)18(3)24(10)20(15-13-14-16-23)17(2)21(4,5)6/h19-20H,2-3,12-16,23H2,1,4-11H3. The van der Waals surface area contributed by atoms with Crippen LogP contribution in [0.25, 0.3) is 0 Å². The van der Waals surface area contributed by atoms with Crippen molar-refractivity contribution in [2.75, 3.05) is 20.6 Å². The number of unbranched alkanes of at least 4 members (excludes halogenated alkanes) is 1. The highest BCUT2D eigenvalue weighted by Gasteiger charge is 2.32. The zero-order valence-electron chi connectivity index (χ0n) is 18.6. The van der Waals surface area contributed by atoms with Gasteiger partial charge in [0.2, 0.25) is 0 Å². The molecule has 25 heavy (non-hydrogen) atoms. The predicted octanol–water partition coefficient (Wildman–Crippen LogP) is 5.04. The van der Waals surface area contributed by atoms with Crippen molar-refractivity contribution in [3.05, 3.63) is 24.4 Å². The van der Waals surface area contributed by atoms with E-state index in [1.165, 1.54) is 11.3 Å². The van der Waals surface area contributed by atoms with E-state index in [1.807, 2.05) is 0 Å². The second-order valence-corrected chi connectivity index (χ2v) is 9.38. The molecule has 0 amide bonds. The molecule has 0 rings (SSSR count). The van der Waals surface area contributed by atoms with Gasteiger partial charge >= 0.3 is 0 Å². The molecule has 0 aliphatic heterocycles. The van der Waals surface area contributed by atoms with Crippen LogP contribution in [-0.2, 0) is 0 Å². The van der Waals surface area contributed by atoms with E-state index >= 15 is 0 Å². The molecule has 2 unspecified atom stereocenters. The van der Waals surface area contributed by atoms with E-state index in [0.717, 1.165) is 32.2 Å². The third-order valence-electron chi connectivity index (χ3n) is 5.51. The van der Waals surface area contributed by atoms with Crippen LogP contribution in [0.5, 0.6) is 0 Å². The summed E-state index contributed by atoms with van der Waals surface area (Å²) in [5.74, 6) is 0. The fraction of sp³-hybridized carbons (Fsp3) is 0.818. The van der Waals surface area contributed by atoms with Crippen LogP contribution in [-0.4, -0.2) is 48.1 Å². The number of hydrogen-bond acceptors (Lipinski definition) is 3. The van der Waals surface area contributed by atoms with Gasteiger partial charge in [-0.3, -0.25) is 4.90 Å². The van der Waals surface area contributed by atoms with Gasteiger partial charge in [-0.2, -0.15) is 0 Å². The van der Waals surface area contributed by atoms with Crippen LogP contribution < -0.4 is 5.73 Å². The number of nitrogens with zero attached hydrogens (tertiary/aromatic N) is 2. The molecule has 3 heteroatoms. The molecule has 2 N–H and O–H groups in total. The molecule has 0 aromatic carbocycles. The molecule has 0 aliphatic carbocycles. The van der Waals surface area contributed by atoms with Gasteiger partial charge in [0.05, 0.1) is 0 Å². The molecular weight excluding hydrogens is 306 g/mol. The van der Waals surface area contributed by atoms with Gasteiger partial charge in [-0.25, -0.2) is 0 Å². The van der Waals surface area contributed by atoms with Gasteiger partial charge in [0.25, 0.3) is 0 Å². The zero-order valence-corrected chi connectivity index (χ0v) is 18.6. The molecule has 0 aromatic rings. The summed E-state index contributed by atoms with van der Waals surface area (Å²) in [6, 6.07) is 0.635. The predicted molar refractivity (Wildman–Crippen MR) is 114 cm³/mol. The largest absolute Gasteiger partial charge is 0.370 e. The fourth-order valence-electron chi connectivity index (χ4n) is 3.22. The summed E-state index contributed by atoms with van der Waals surface area (Å²) in [5.41, 5.74) is 8.37. The minimum absolute atomic E-state index is 0.0829. The summed E-state index contributed by atoms with van der Waals surface area (Å²) in [4.78, 5) is 4.81. The van der Waals surface area contributed by atoms with Crippen molar-refractivity contribution in [1.82, 2.24) is 9.80 Å². The molecule has 0 radical (unpaired) electrons. The lowest BCUT2D eigenvalue weighted by molar-refractivity contribution is 0.108. The van der Waals surface area contributed by atoms with Gasteiger partial charge in [-0.15, -0.1) is 0 Å². The van der Waals surface area contributed by atoms with Gasteiger partial charge in [-0.1, -0.05) is 40.9 Å². The van der Waals surface area contributed by atoms with E-state index < -0.39 is 0 Å². The Morgan fingerprint density at radius 1 is 0.960 bits per heavy atom. The molecular formula is C22H45N3. The Morgan fingerprint density at radius 2 is 1.48 bits per heavy atom. The lowest BCUT2D eigenvalue weighted by Gasteiger charge is -2.45. The molecule has 0 bridgehead atoms. The Bertz CT molecular complexity index is 426. The second kappa shape index (κ2) is 9.78. The maximum Gasteiger partial charge on any atom is 0.0498 e. The van der Waals surface area contributed by atoms with Crippen LogP contribution in [0.4, 0.5) is 0 Å². The minimum Gasteiger partial charge on any atom is -0.370 e. The van der Waals surface area contributed by atoms with Crippen LogP contribution in [0.1, 0.15) is 74.1 Å². The maximum absolute atomic E-state index is 5.71. The van der Waals surface area contributed by atoms with Crippen molar-refractivity contribution in [2.24, 2.45) is 11.1 Å². The van der Waals surface area contributed by atoms with Crippen molar-refractivity contribution >= 4 is 0 Å². The quantitative estimate of drug-likeness (QED) is 0.442. The SMILES string of the molecule is C=C(C(CC)N(C)C(C)(C)C)N(C)C(CCCCN)C(=C)C(C)(C)C. The first-order valence-corrected chi connectivity index (χ1v) is 9.82. The van der Waals surface area contributed by atoms with E-state index in [1.54, 1.807) is 0 Å². The summed E-state index contributed by atoms with van der Waals surface area (Å²) < 4.78 is 0. The highest BCUT2D eigenvalue weighted by Crippen LogP contribution is 2.34. The smallest absolute Gasteiger partial charge is 0.0498 e. The third-order valence-corrected chi connectivity index (χ3v) is 5.51. The highest BCUT2D eigenvalue weighted by molar-refractivity contribution is 5.19. The van der Waals surface area contributed by atoms with E-state index in [-0.39, 0.29) is 11.0 Å². The van der Waals surface area contributed by atoms with E-state index in [4.69, 9.17) is 5.73 Å². The van der Waals surface area contributed by atoms with Gasteiger partial charge in [0, 0.05) is 30.4 Å². The van der Waals surface area contributed by atoms with E-state index in [9.17, 15) is 0 Å². The van der Waals surface area contributed by atoms with Crippen molar-refractivity contribution < 1.29 is 0 Å². The number of hydrogen-bond donors (Lipinski definition) is 1. The molecule has 0 fully saturated rings. The average Bonchev–Trinajstić information content (AvgIpc) is 2.49. The summed E-state index contributed by atoms with van der Waals surface area (Å²) in [7, 11) is 4.39. The summed E-state index contributed by atoms with van der Waals surface area (Å²) in [6.45, 7) is 25.5. The summed E-state index contributed by atoms with van der Waals surface area (Å²) >= 11 is 0. The number of likely N-dealkylation sites (N-methyl/N-ethyl adjacent to an activating group) is 2. The Morgan fingerprint density at radius 3 is 1.84 bits per heavy atom. The van der Waals surface area contributed by atoms with Gasteiger partial charge in [0.1, 0.15) is 0 Å². The summed E-state index contributed by atoms with van der Waals surface area (Å²) in [5, 5.41) is 0. The molecule has 0 spiro atoms. The molecule has 3 nitrogen and oxygen atoms in total. The second-order valence-electron chi connectivity index (χ2n) is 9.38. The van der Waals surface area contributed by atoms with Gasteiger partial charge in [-0.05, 0) is 71.0 Å². The lowest BCUT2D eigenvalue weighted by atomic mass is 9.80. The van der Waals surface area contributed by atoms with Crippen molar-refractivity contribution in [3.8, 4) is 0 Å². The normalized spacial score (nSPS) is 15.2. The van der Waals surface area contributed by atoms with E-state index in [0.29, 0.717) is 12.1 Å². The monoisotopic (exact) mass is 351 g/mol. The topological polar surface area (TPSA) is 32.5 Å². The minimum atomic E-state index is 0.0829. The molecule has 2 atom stereocenters. The van der Waals surface area contributed by atoms with Gasteiger partial charge < -0.3 is 10.6 Å². The van der Waals surface area contributed by atoms with Crippen molar-refractivity contribution in [2.45, 2.75) is 91.8 Å². The fourth-order valence-corrected chi connectivity index (χ4v) is 3.22. The van der Waals surface area contributed by atoms with Crippen LogP contribution in [0.2, 0.25) is 0 Å². The Labute approximate surface area is 158 Å². The van der Waals surface area contributed by atoms with Crippen LogP contribution in [0.15, 0.2) is 24.4 Å². The average molecular weight is 352 g/mol. The first kappa shape index (κ1) is 24.2. The van der Waals surface area contributed by atoms with Crippen molar-refractivity contribution in [3.63, 3.8) is 0 Å². The molecule has 0 aromatic heterocycles. The highest BCUT2D eigenvalue weighted by atomic mass is 15.2. The molecule has 148 valence electrons. The molecule has 0 saturated carbocycles. The Hall–Kier alpha value is -0.800. The Balaban J connectivity index is 5.48. The molecule has 0 aliphatic rings. The first-order valence-electron chi connectivity index (χ1n) is 9.82. The third kappa shape index (κ3) is 7.15. The zero-order chi connectivity index (χ0) is 20.0. The summed E-state index contributed by atoms with van der Waals surface area (Å²) in [6.07, 6.45) is 4.32. The first-order chi connectivity index (χ1) is 11.3. The van der Waals surface area contributed by atoms with E-state index in [2.05, 4.69) is 85.5 Å². The van der Waals surface area contributed by atoms with Crippen LogP contribution in [0.3, 0.4) is 0 Å². The molecule has 0 heterocycles.